The molecule has 2 unspecified atom stereocenters. The summed E-state index contributed by atoms with van der Waals surface area (Å²) >= 11 is 0. The van der Waals surface area contributed by atoms with Gasteiger partial charge in [0.05, 0.1) is 0 Å². The number of aliphatic hydroxyl groups excluding tert-OH is 2. The van der Waals surface area contributed by atoms with Gasteiger partial charge in [-0.3, -0.25) is 4.79 Å². The van der Waals surface area contributed by atoms with Crippen LogP contribution in [0.25, 0.3) is 0 Å². The van der Waals surface area contributed by atoms with Crippen molar-refractivity contribution in [3.05, 3.63) is 46.3 Å². The lowest BCUT2D eigenvalue weighted by Crippen LogP contribution is -2.36. The number of ether oxygens (including phenoxy) is 1. The Morgan fingerprint density at radius 1 is 1.11 bits per heavy atom. The molecule has 0 saturated carbocycles. The van der Waals surface area contributed by atoms with E-state index >= 15 is 0 Å². The maximum Gasteiger partial charge on any atom is 0.330 e. The van der Waals surface area contributed by atoms with Crippen molar-refractivity contribution in [1.29, 1.82) is 0 Å². The van der Waals surface area contributed by atoms with Gasteiger partial charge < -0.3 is 20.1 Å². The minimum Gasteiger partial charge on any atom is -0.509 e. The molecule has 6 nitrogen and oxygen atoms in total. The van der Waals surface area contributed by atoms with Crippen LogP contribution in [0.5, 0.6) is 0 Å². The summed E-state index contributed by atoms with van der Waals surface area (Å²) < 4.78 is 5.09. The van der Waals surface area contributed by atoms with Gasteiger partial charge in [0.1, 0.15) is 18.0 Å². The molecule has 1 aliphatic carbocycles. The lowest BCUT2D eigenvalue weighted by atomic mass is 9.89. The SMILES string of the molecule is COC1CC(O)C(O)=C(CC=C(C)CCC=C(C)CCC=C(C)C(=O)O)C1=O. The first-order valence-electron chi connectivity index (χ1n) is 9.55. The molecule has 2 atom stereocenters. The van der Waals surface area contributed by atoms with Crippen LogP contribution in [-0.2, 0) is 14.3 Å². The first-order valence-corrected chi connectivity index (χ1v) is 9.55. The Hall–Kier alpha value is -2.18. The highest BCUT2D eigenvalue weighted by Gasteiger charge is 2.34. The highest BCUT2D eigenvalue weighted by Crippen LogP contribution is 2.26. The smallest absolute Gasteiger partial charge is 0.330 e. The minimum atomic E-state index is -1.06. The second-order valence-electron chi connectivity index (χ2n) is 7.28. The van der Waals surface area contributed by atoms with E-state index in [0.29, 0.717) is 12.0 Å². The molecule has 0 fully saturated rings. The van der Waals surface area contributed by atoms with E-state index in [4.69, 9.17) is 9.84 Å². The van der Waals surface area contributed by atoms with Crippen LogP contribution in [0.1, 0.15) is 59.3 Å². The van der Waals surface area contributed by atoms with Gasteiger partial charge in [0.25, 0.3) is 0 Å². The molecule has 0 radical (unpaired) electrons. The molecule has 0 aromatic rings. The average molecular weight is 392 g/mol. The maximum absolute atomic E-state index is 12.3. The minimum absolute atomic E-state index is 0.0820. The highest BCUT2D eigenvalue weighted by atomic mass is 16.5. The summed E-state index contributed by atoms with van der Waals surface area (Å²) in [6.45, 7) is 5.59. The molecule has 6 heteroatoms. The number of carbonyl (C=O) groups excluding carboxylic acids is 1. The van der Waals surface area contributed by atoms with Gasteiger partial charge in [-0.1, -0.05) is 29.4 Å². The number of carboxylic acids is 1. The van der Waals surface area contributed by atoms with Crippen LogP contribution in [0.4, 0.5) is 0 Å². The van der Waals surface area contributed by atoms with Crippen molar-refractivity contribution in [2.45, 2.75) is 71.5 Å². The third-order valence-electron chi connectivity index (χ3n) is 4.95. The number of hydrogen-bond donors (Lipinski definition) is 3. The van der Waals surface area contributed by atoms with Gasteiger partial charge in [-0.15, -0.1) is 0 Å². The van der Waals surface area contributed by atoms with Gasteiger partial charge in [0.2, 0.25) is 0 Å². The van der Waals surface area contributed by atoms with Crippen LogP contribution < -0.4 is 0 Å². The van der Waals surface area contributed by atoms with Crippen LogP contribution >= 0.6 is 0 Å². The molecule has 0 aromatic heterocycles. The monoisotopic (exact) mass is 392 g/mol. The van der Waals surface area contributed by atoms with Crippen LogP contribution in [0.3, 0.4) is 0 Å². The molecule has 1 rings (SSSR count). The van der Waals surface area contributed by atoms with Crippen molar-refractivity contribution in [3.63, 3.8) is 0 Å². The fourth-order valence-corrected chi connectivity index (χ4v) is 2.98. The van der Waals surface area contributed by atoms with Gasteiger partial charge in [-0.05, 0) is 52.9 Å². The van der Waals surface area contributed by atoms with Crippen molar-refractivity contribution < 1.29 is 29.6 Å². The molecule has 0 aromatic carbocycles. The highest BCUT2D eigenvalue weighted by molar-refractivity contribution is 6.00. The van der Waals surface area contributed by atoms with Crippen LogP contribution in [-0.4, -0.2) is 46.4 Å². The fraction of sp³-hybridized carbons (Fsp3) is 0.545. The van der Waals surface area contributed by atoms with E-state index in [-0.39, 0.29) is 30.0 Å². The molecular formula is C22H32O6. The van der Waals surface area contributed by atoms with Crippen molar-refractivity contribution in [3.8, 4) is 0 Å². The Bertz CT molecular complexity index is 696. The van der Waals surface area contributed by atoms with Crippen molar-refractivity contribution in [2.24, 2.45) is 0 Å². The standard InChI is InChI=1S/C22H32O6/c1-14(9-6-10-16(3)22(26)27)7-5-8-15(2)11-12-17-20(24)18(23)13-19(28-4)21(17)25/h7,10-11,18-19,23-24H,5-6,8-9,12-13H2,1-4H3,(H,26,27). The summed E-state index contributed by atoms with van der Waals surface area (Å²) in [7, 11) is 1.42. The second kappa shape index (κ2) is 11.6. The van der Waals surface area contributed by atoms with Gasteiger partial charge in [-0.25, -0.2) is 4.79 Å². The van der Waals surface area contributed by atoms with Crippen molar-refractivity contribution in [1.82, 2.24) is 0 Å². The summed E-state index contributed by atoms with van der Waals surface area (Å²) in [4.78, 5) is 23.0. The van der Waals surface area contributed by atoms with Crippen molar-refractivity contribution >= 4 is 11.8 Å². The average Bonchev–Trinajstić information content (AvgIpc) is 2.64. The Labute approximate surface area is 166 Å². The number of hydrogen-bond acceptors (Lipinski definition) is 5. The van der Waals surface area contributed by atoms with E-state index in [2.05, 4.69) is 6.08 Å². The molecule has 156 valence electrons. The normalized spacial score (nSPS) is 22.0. The van der Waals surface area contributed by atoms with E-state index in [1.807, 2.05) is 19.9 Å². The summed E-state index contributed by atoms with van der Waals surface area (Å²) in [5.41, 5.74) is 2.88. The summed E-state index contributed by atoms with van der Waals surface area (Å²) in [5.74, 6) is -1.40. The van der Waals surface area contributed by atoms with Gasteiger partial charge in [0.15, 0.2) is 5.78 Å². The summed E-state index contributed by atoms with van der Waals surface area (Å²) in [5, 5.41) is 28.7. The predicted molar refractivity (Wildman–Crippen MR) is 108 cm³/mol. The molecule has 1 aliphatic rings. The zero-order valence-electron chi connectivity index (χ0n) is 17.2. The largest absolute Gasteiger partial charge is 0.509 e. The number of carboxylic acid groups (broad SMARTS) is 1. The third kappa shape index (κ3) is 7.44. The zero-order chi connectivity index (χ0) is 21.3. The van der Waals surface area contributed by atoms with Gasteiger partial charge >= 0.3 is 5.97 Å². The molecule has 0 bridgehead atoms. The molecule has 3 N–H and O–H groups in total. The van der Waals surface area contributed by atoms with E-state index in [0.717, 1.165) is 24.8 Å². The van der Waals surface area contributed by atoms with E-state index in [1.54, 1.807) is 13.0 Å². The van der Waals surface area contributed by atoms with Gasteiger partial charge in [0, 0.05) is 24.7 Å². The van der Waals surface area contributed by atoms with Gasteiger partial charge in [-0.2, -0.15) is 0 Å². The Kier molecular flexibility index (Phi) is 9.90. The summed E-state index contributed by atoms with van der Waals surface area (Å²) in [6.07, 6.45) is 7.53. The topological polar surface area (TPSA) is 104 Å². The Balaban J connectivity index is 2.54. The van der Waals surface area contributed by atoms with E-state index in [1.165, 1.54) is 12.7 Å². The van der Waals surface area contributed by atoms with Crippen LogP contribution in [0.2, 0.25) is 0 Å². The van der Waals surface area contributed by atoms with Crippen molar-refractivity contribution in [2.75, 3.05) is 7.11 Å². The number of allylic oxidation sites excluding steroid dienone is 5. The first-order chi connectivity index (χ1) is 13.2. The molecule has 0 amide bonds. The van der Waals surface area contributed by atoms with Crippen LogP contribution in [0, 0.1) is 0 Å². The first kappa shape index (κ1) is 23.9. The number of carbonyl (C=O) groups is 2. The van der Waals surface area contributed by atoms with E-state index in [9.17, 15) is 19.8 Å². The quantitative estimate of drug-likeness (QED) is 0.383. The third-order valence-corrected chi connectivity index (χ3v) is 4.95. The molecule has 0 heterocycles. The number of Topliss-reactive ketones (excluding diaryl/α,β-unsaturated/α-hetero) is 1. The molecule has 28 heavy (non-hydrogen) atoms. The molecular weight excluding hydrogens is 360 g/mol. The number of aliphatic carboxylic acids is 1. The molecule has 0 saturated heterocycles. The fourth-order valence-electron chi connectivity index (χ4n) is 2.98. The lowest BCUT2D eigenvalue weighted by molar-refractivity contribution is -0.132. The van der Waals surface area contributed by atoms with E-state index < -0.39 is 18.2 Å². The molecule has 0 spiro atoms. The predicted octanol–water partition coefficient (Wildman–Crippen LogP) is 4.02. The summed E-state index contributed by atoms with van der Waals surface area (Å²) in [6, 6.07) is 0. The second-order valence-corrected chi connectivity index (χ2v) is 7.28. The molecule has 0 aliphatic heterocycles. The number of rotatable bonds is 10. The number of methoxy groups -OCH3 is 1. The Morgan fingerprint density at radius 3 is 2.25 bits per heavy atom. The number of ketones is 1. The zero-order valence-corrected chi connectivity index (χ0v) is 17.2. The van der Waals surface area contributed by atoms with Crippen LogP contribution in [0.15, 0.2) is 46.3 Å². The maximum atomic E-state index is 12.3. The Morgan fingerprint density at radius 2 is 1.68 bits per heavy atom. The lowest BCUT2D eigenvalue weighted by Gasteiger charge is -2.25. The number of aliphatic hydroxyl groups is 2.